The first-order valence-electron chi connectivity index (χ1n) is 11.2. The Morgan fingerprint density at radius 1 is 0.964 bits per heavy atom. The minimum absolute atomic E-state index is 0.225. The smallest absolute Gasteiger partial charge is 0.237 e. The van der Waals surface area contributed by atoms with E-state index in [1.54, 1.807) is 0 Å². The second-order valence-corrected chi connectivity index (χ2v) is 8.50. The van der Waals surface area contributed by atoms with Gasteiger partial charge in [0.15, 0.2) is 0 Å². The van der Waals surface area contributed by atoms with Crippen molar-refractivity contribution in [1.82, 2.24) is 14.7 Å². The molecule has 2 saturated heterocycles. The SMILES string of the molecule is CCOc1ccc(C2CCCN2C(=O)CN2CCN(C3CCCC3)CC2)cc1. The van der Waals surface area contributed by atoms with Crippen LogP contribution in [-0.4, -0.2) is 72.5 Å². The van der Waals surface area contributed by atoms with Crippen LogP contribution in [0.1, 0.15) is 57.1 Å². The number of ether oxygens (including phenoxy) is 1. The molecular weight excluding hydrogens is 350 g/mol. The molecule has 0 radical (unpaired) electrons. The van der Waals surface area contributed by atoms with Crippen molar-refractivity contribution in [2.45, 2.75) is 57.5 Å². The third-order valence-corrected chi connectivity index (χ3v) is 6.76. The fourth-order valence-corrected chi connectivity index (χ4v) is 5.20. The fraction of sp³-hybridized carbons (Fsp3) is 0.696. The van der Waals surface area contributed by atoms with Crippen LogP contribution in [0.4, 0.5) is 0 Å². The van der Waals surface area contributed by atoms with Gasteiger partial charge in [0, 0.05) is 38.8 Å². The van der Waals surface area contributed by atoms with Crippen LogP contribution in [-0.2, 0) is 4.79 Å². The Bertz CT molecular complexity index is 634. The molecule has 2 aliphatic heterocycles. The summed E-state index contributed by atoms with van der Waals surface area (Å²) in [4.78, 5) is 20.2. The third-order valence-electron chi connectivity index (χ3n) is 6.76. The number of amides is 1. The van der Waals surface area contributed by atoms with Gasteiger partial charge in [0.2, 0.25) is 5.91 Å². The van der Waals surface area contributed by atoms with Crippen molar-refractivity contribution >= 4 is 5.91 Å². The second-order valence-electron chi connectivity index (χ2n) is 8.50. The molecule has 1 aliphatic carbocycles. The molecule has 154 valence electrons. The van der Waals surface area contributed by atoms with Crippen molar-refractivity contribution in [3.8, 4) is 5.75 Å². The van der Waals surface area contributed by atoms with Gasteiger partial charge in [-0.25, -0.2) is 0 Å². The molecule has 0 N–H and O–H groups in total. The van der Waals surface area contributed by atoms with Gasteiger partial charge in [-0.1, -0.05) is 25.0 Å². The summed E-state index contributed by atoms with van der Waals surface area (Å²) < 4.78 is 5.55. The van der Waals surface area contributed by atoms with Crippen molar-refractivity contribution in [3.05, 3.63) is 29.8 Å². The normalized spacial score (nSPS) is 24.8. The maximum atomic E-state index is 13.1. The number of piperazine rings is 1. The highest BCUT2D eigenvalue weighted by Gasteiger charge is 2.32. The molecule has 1 saturated carbocycles. The molecule has 5 heteroatoms. The van der Waals surface area contributed by atoms with Gasteiger partial charge in [0.25, 0.3) is 0 Å². The topological polar surface area (TPSA) is 36.0 Å². The largest absolute Gasteiger partial charge is 0.494 e. The van der Waals surface area contributed by atoms with E-state index in [9.17, 15) is 4.79 Å². The van der Waals surface area contributed by atoms with Crippen molar-refractivity contribution in [2.75, 3.05) is 45.9 Å². The standard InChI is InChI=1S/C23H35N3O2/c1-2-28-21-11-9-19(10-12-21)22-8-5-13-26(22)23(27)18-24-14-16-25(17-15-24)20-6-3-4-7-20/h9-12,20,22H,2-8,13-18H2,1H3. The number of likely N-dealkylation sites (tertiary alicyclic amines) is 1. The highest BCUT2D eigenvalue weighted by Crippen LogP contribution is 2.33. The van der Waals surface area contributed by atoms with Gasteiger partial charge in [0.05, 0.1) is 19.2 Å². The maximum Gasteiger partial charge on any atom is 0.237 e. The first kappa shape index (κ1) is 19.7. The minimum atomic E-state index is 0.225. The molecule has 3 fully saturated rings. The highest BCUT2D eigenvalue weighted by molar-refractivity contribution is 5.79. The average Bonchev–Trinajstić information content (AvgIpc) is 3.42. The number of nitrogens with zero attached hydrogens (tertiary/aromatic N) is 3. The number of hydrogen-bond acceptors (Lipinski definition) is 4. The van der Waals surface area contributed by atoms with Crippen molar-refractivity contribution in [1.29, 1.82) is 0 Å². The molecule has 3 aliphatic rings. The van der Waals surface area contributed by atoms with Crippen molar-refractivity contribution < 1.29 is 9.53 Å². The van der Waals surface area contributed by atoms with E-state index in [0.29, 0.717) is 19.1 Å². The summed E-state index contributed by atoms with van der Waals surface area (Å²) in [6, 6.07) is 9.34. The van der Waals surface area contributed by atoms with Crippen LogP contribution in [0.25, 0.3) is 0 Å². The molecular formula is C23H35N3O2. The Morgan fingerprint density at radius 2 is 1.68 bits per heavy atom. The van der Waals surface area contributed by atoms with Gasteiger partial charge in [0.1, 0.15) is 5.75 Å². The molecule has 0 bridgehead atoms. The number of carbonyl (C=O) groups is 1. The summed E-state index contributed by atoms with van der Waals surface area (Å²) in [6.45, 7) is 8.46. The van der Waals surface area contributed by atoms with E-state index < -0.39 is 0 Å². The number of carbonyl (C=O) groups excluding carboxylic acids is 1. The molecule has 1 aromatic rings. The Morgan fingerprint density at radius 3 is 2.36 bits per heavy atom. The Hall–Kier alpha value is -1.59. The van der Waals surface area contributed by atoms with Gasteiger partial charge in [-0.2, -0.15) is 0 Å². The monoisotopic (exact) mass is 385 g/mol. The summed E-state index contributed by atoms with van der Waals surface area (Å²) in [6.07, 6.45) is 7.69. The molecule has 1 atom stereocenters. The lowest BCUT2D eigenvalue weighted by atomic mass is 10.0. The molecule has 0 aromatic heterocycles. The van der Waals surface area contributed by atoms with Crippen LogP contribution >= 0.6 is 0 Å². The number of rotatable bonds is 6. The van der Waals surface area contributed by atoms with E-state index in [-0.39, 0.29) is 6.04 Å². The average molecular weight is 386 g/mol. The molecule has 1 unspecified atom stereocenters. The predicted molar refractivity (Wildman–Crippen MR) is 112 cm³/mol. The number of hydrogen-bond donors (Lipinski definition) is 0. The summed E-state index contributed by atoms with van der Waals surface area (Å²) in [5.41, 5.74) is 1.24. The third kappa shape index (κ3) is 4.52. The molecule has 2 heterocycles. The van der Waals surface area contributed by atoms with E-state index in [1.807, 2.05) is 19.1 Å². The zero-order chi connectivity index (χ0) is 19.3. The van der Waals surface area contributed by atoms with Crippen LogP contribution in [0.5, 0.6) is 5.75 Å². The van der Waals surface area contributed by atoms with Crippen LogP contribution in [0.3, 0.4) is 0 Å². The predicted octanol–water partition coefficient (Wildman–Crippen LogP) is 3.31. The Balaban J connectivity index is 1.30. The minimum Gasteiger partial charge on any atom is -0.494 e. The fourth-order valence-electron chi connectivity index (χ4n) is 5.20. The van der Waals surface area contributed by atoms with Gasteiger partial charge in [-0.3, -0.25) is 14.6 Å². The molecule has 1 aromatic carbocycles. The molecule has 5 nitrogen and oxygen atoms in total. The summed E-state index contributed by atoms with van der Waals surface area (Å²) in [5.74, 6) is 1.20. The molecule has 4 rings (SSSR count). The molecule has 1 amide bonds. The van der Waals surface area contributed by atoms with E-state index >= 15 is 0 Å². The van der Waals surface area contributed by atoms with E-state index in [0.717, 1.165) is 57.4 Å². The van der Waals surface area contributed by atoms with Crippen molar-refractivity contribution in [3.63, 3.8) is 0 Å². The first-order chi connectivity index (χ1) is 13.7. The summed E-state index contributed by atoms with van der Waals surface area (Å²) in [5, 5.41) is 0. The lowest BCUT2D eigenvalue weighted by Crippen LogP contribution is -2.52. The van der Waals surface area contributed by atoms with Gasteiger partial charge in [-0.15, -0.1) is 0 Å². The lowest BCUT2D eigenvalue weighted by Gasteiger charge is -2.38. The Labute approximate surface area is 169 Å². The quantitative estimate of drug-likeness (QED) is 0.753. The summed E-state index contributed by atoms with van der Waals surface area (Å²) >= 11 is 0. The van der Waals surface area contributed by atoms with E-state index in [1.165, 1.54) is 31.2 Å². The first-order valence-corrected chi connectivity index (χ1v) is 11.2. The van der Waals surface area contributed by atoms with Crippen LogP contribution in [0.15, 0.2) is 24.3 Å². The summed E-state index contributed by atoms with van der Waals surface area (Å²) in [7, 11) is 0. The number of benzene rings is 1. The molecule has 28 heavy (non-hydrogen) atoms. The highest BCUT2D eigenvalue weighted by atomic mass is 16.5. The Kier molecular flexibility index (Phi) is 6.53. The zero-order valence-electron chi connectivity index (χ0n) is 17.3. The van der Waals surface area contributed by atoms with E-state index in [2.05, 4.69) is 26.8 Å². The van der Waals surface area contributed by atoms with Crippen molar-refractivity contribution in [2.24, 2.45) is 0 Å². The van der Waals surface area contributed by atoms with Gasteiger partial charge >= 0.3 is 0 Å². The van der Waals surface area contributed by atoms with Crippen LogP contribution in [0.2, 0.25) is 0 Å². The van der Waals surface area contributed by atoms with E-state index in [4.69, 9.17) is 4.74 Å². The lowest BCUT2D eigenvalue weighted by molar-refractivity contribution is -0.133. The van der Waals surface area contributed by atoms with Crippen LogP contribution in [0, 0.1) is 0 Å². The zero-order valence-corrected chi connectivity index (χ0v) is 17.3. The van der Waals surface area contributed by atoms with Gasteiger partial charge < -0.3 is 9.64 Å². The maximum absolute atomic E-state index is 13.1. The molecule has 0 spiro atoms. The van der Waals surface area contributed by atoms with Gasteiger partial charge in [-0.05, 0) is 50.3 Å². The second kappa shape index (κ2) is 9.27. The van der Waals surface area contributed by atoms with Crippen LogP contribution < -0.4 is 4.74 Å².